The molecule has 1 unspecified atom stereocenters. The lowest BCUT2D eigenvalue weighted by atomic mass is 9.76. The molecule has 7 nitrogen and oxygen atoms in total. The van der Waals surface area contributed by atoms with E-state index in [2.05, 4.69) is 15.3 Å². The zero-order valence-corrected chi connectivity index (χ0v) is 13.7. The summed E-state index contributed by atoms with van der Waals surface area (Å²) in [5, 5.41) is 21.5. The number of nitriles is 1. The molecule has 1 aliphatic rings. The third-order valence-corrected chi connectivity index (χ3v) is 4.52. The number of H-pyrrole nitrogens is 1. The highest BCUT2D eigenvalue weighted by Crippen LogP contribution is 2.37. The van der Waals surface area contributed by atoms with Crippen LogP contribution in [0.1, 0.15) is 46.2 Å². The molecule has 25 heavy (non-hydrogen) atoms. The second-order valence-electron chi connectivity index (χ2n) is 6.25. The quantitative estimate of drug-likeness (QED) is 0.774. The number of nitrogens with one attached hydrogen (secondary N) is 2. The summed E-state index contributed by atoms with van der Waals surface area (Å²) in [4.78, 5) is 31.2. The second-order valence-corrected chi connectivity index (χ2v) is 6.25. The number of rotatable bonds is 4. The van der Waals surface area contributed by atoms with Crippen molar-refractivity contribution in [2.24, 2.45) is 5.92 Å². The zero-order chi connectivity index (χ0) is 18.0. The van der Waals surface area contributed by atoms with Gasteiger partial charge in [-0.05, 0) is 43.9 Å². The molecule has 1 saturated carbocycles. The second kappa shape index (κ2) is 6.87. The normalized spacial score (nSPS) is 20.2. The molecule has 1 fully saturated rings. The van der Waals surface area contributed by atoms with Gasteiger partial charge >= 0.3 is 0 Å². The van der Waals surface area contributed by atoms with Gasteiger partial charge in [-0.25, -0.2) is 0 Å². The molecule has 0 aromatic carbocycles. The smallest absolute Gasteiger partial charge is 0.266 e. The van der Waals surface area contributed by atoms with Crippen LogP contribution in [-0.2, 0) is 0 Å². The van der Waals surface area contributed by atoms with Gasteiger partial charge in [-0.1, -0.05) is 6.07 Å². The van der Waals surface area contributed by atoms with Crippen LogP contribution >= 0.6 is 0 Å². The fourth-order valence-corrected chi connectivity index (χ4v) is 3.06. The Balaban J connectivity index is 1.89. The van der Waals surface area contributed by atoms with Gasteiger partial charge in [-0.15, -0.1) is 0 Å². The van der Waals surface area contributed by atoms with Gasteiger partial charge in [0, 0.05) is 11.9 Å². The fraction of sp³-hybridized carbons (Fsp3) is 0.333. The molecule has 1 aliphatic carbocycles. The molecule has 0 bridgehead atoms. The van der Waals surface area contributed by atoms with Crippen LogP contribution in [0.3, 0.4) is 0 Å². The van der Waals surface area contributed by atoms with E-state index in [1.165, 1.54) is 6.07 Å². The number of aliphatic hydroxyl groups is 1. The number of hydrogen-bond donors (Lipinski definition) is 3. The molecule has 0 spiro atoms. The number of aromatic nitrogens is 2. The Morgan fingerprint density at radius 2 is 2.24 bits per heavy atom. The maximum atomic E-state index is 12.7. The SMILES string of the molecule is Cc1[nH]c(=O)c(C#N)cc1C(=O)NC(c1ccccn1)C1CC(O)C1. The summed E-state index contributed by atoms with van der Waals surface area (Å²) in [5.41, 5.74) is 0.742. The van der Waals surface area contributed by atoms with Crippen LogP contribution < -0.4 is 10.9 Å². The lowest BCUT2D eigenvalue weighted by Gasteiger charge is -2.37. The molecule has 2 heterocycles. The van der Waals surface area contributed by atoms with Gasteiger partial charge in [-0.2, -0.15) is 5.26 Å². The van der Waals surface area contributed by atoms with Gasteiger partial charge in [0.15, 0.2) is 0 Å². The van der Waals surface area contributed by atoms with Gasteiger partial charge in [-0.3, -0.25) is 14.6 Å². The summed E-state index contributed by atoms with van der Waals surface area (Å²) < 4.78 is 0. The van der Waals surface area contributed by atoms with Crippen LogP contribution in [0.5, 0.6) is 0 Å². The number of amides is 1. The molecule has 0 aliphatic heterocycles. The molecule has 7 heteroatoms. The van der Waals surface area contributed by atoms with E-state index in [0.29, 0.717) is 18.5 Å². The zero-order valence-electron chi connectivity index (χ0n) is 13.7. The first-order valence-electron chi connectivity index (χ1n) is 8.03. The minimum absolute atomic E-state index is 0.0901. The first kappa shape index (κ1) is 16.9. The number of aromatic amines is 1. The molecule has 2 aromatic rings. The van der Waals surface area contributed by atoms with Crippen molar-refractivity contribution in [1.29, 1.82) is 5.26 Å². The number of aliphatic hydroxyl groups excluding tert-OH is 1. The van der Waals surface area contributed by atoms with Crippen molar-refractivity contribution in [1.82, 2.24) is 15.3 Å². The highest BCUT2D eigenvalue weighted by Gasteiger charge is 2.36. The summed E-state index contributed by atoms with van der Waals surface area (Å²) in [5.74, 6) is -0.297. The van der Waals surface area contributed by atoms with E-state index in [-0.39, 0.29) is 35.1 Å². The summed E-state index contributed by atoms with van der Waals surface area (Å²) >= 11 is 0. The average Bonchev–Trinajstić information content (AvgIpc) is 2.58. The van der Waals surface area contributed by atoms with E-state index >= 15 is 0 Å². The lowest BCUT2D eigenvalue weighted by Crippen LogP contribution is -2.42. The topological polar surface area (TPSA) is 119 Å². The largest absolute Gasteiger partial charge is 0.393 e. The number of carbonyl (C=O) groups is 1. The van der Waals surface area contributed by atoms with E-state index in [1.54, 1.807) is 25.3 Å². The summed E-state index contributed by atoms with van der Waals surface area (Å²) in [7, 11) is 0. The highest BCUT2D eigenvalue weighted by molar-refractivity contribution is 5.95. The lowest BCUT2D eigenvalue weighted by molar-refractivity contribution is 0.0228. The van der Waals surface area contributed by atoms with Crippen molar-refractivity contribution in [2.45, 2.75) is 31.9 Å². The maximum Gasteiger partial charge on any atom is 0.266 e. The van der Waals surface area contributed by atoms with Crippen LogP contribution in [0.4, 0.5) is 0 Å². The van der Waals surface area contributed by atoms with Gasteiger partial charge in [0.25, 0.3) is 11.5 Å². The third-order valence-electron chi connectivity index (χ3n) is 4.52. The van der Waals surface area contributed by atoms with E-state index in [4.69, 9.17) is 5.26 Å². The maximum absolute atomic E-state index is 12.7. The van der Waals surface area contributed by atoms with E-state index in [0.717, 1.165) is 5.69 Å². The molecular weight excluding hydrogens is 320 g/mol. The molecular formula is C18H18N4O3. The fourth-order valence-electron chi connectivity index (χ4n) is 3.06. The monoisotopic (exact) mass is 338 g/mol. The molecule has 0 radical (unpaired) electrons. The molecule has 3 rings (SSSR count). The number of pyridine rings is 2. The Bertz CT molecular complexity index is 879. The third kappa shape index (κ3) is 3.44. The highest BCUT2D eigenvalue weighted by atomic mass is 16.3. The van der Waals surface area contributed by atoms with Gasteiger partial charge in [0.1, 0.15) is 11.6 Å². The van der Waals surface area contributed by atoms with E-state index < -0.39 is 5.56 Å². The van der Waals surface area contributed by atoms with Gasteiger partial charge in [0.2, 0.25) is 0 Å². The minimum Gasteiger partial charge on any atom is -0.393 e. The number of carbonyl (C=O) groups excluding carboxylic acids is 1. The summed E-state index contributed by atoms with van der Waals surface area (Å²) in [6.45, 7) is 1.61. The Morgan fingerprint density at radius 3 is 2.84 bits per heavy atom. The predicted molar refractivity (Wildman–Crippen MR) is 89.7 cm³/mol. The van der Waals surface area contributed by atoms with Crippen molar-refractivity contribution in [2.75, 3.05) is 0 Å². The van der Waals surface area contributed by atoms with Crippen LogP contribution in [0, 0.1) is 24.2 Å². The number of hydrogen-bond acceptors (Lipinski definition) is 5. The Kier molecular flexibility index (Phi) is 4.63. The molecule has 128 valence electrons. The molecule has 1 atom stereocenters. The van der Waals surface area contributed by atoms with E-state index in [9.17, 15) is 14.7 Å². The minimum atomic E-state index is -0.514. The van der Waals surface area contributed by atoms with Crippen molar-refractivity contribution in [3.05, 3.63) is 63.3 Å². The Morgan fingerprint density at radius 1 is 1.48 bits per heavy atom. The van der Waals surface area contributed by atoms with E-state index in [1.807, 2.05) is 12.1 Å². The van der Waals surface area contributed by atoms with Gasteiger partial charge in [0.05, 0.1) is 23.4 Å². The molecule has 0 saturated heterocycles. The standard InChI is InChI=1S/C18H18N4O3/c1-10-14(8-12(9-19)17(24)21-10)18(25)22-16(11-6-13(23)7-11)15-4-2-3-5-20-15/h2-5,8,11,13,16,23H,6-7H2,1H3,(H,21,24)(H,22,25). The average molecular weight is 338 g/mol. The van der Waals surface area contributed by atoms with Crippen molar-refractivity contribution in [3.8, 4) is 6.07 Å². The van der Waals surface area contributed by atoms with Crippen molar-refractivity contribution >= 4 is 5.91 Å². The van der Waals surface area contributed by atoms with Crippen molar-refractivity contribution < 1.29 is 9.90 Å². The summed E-state index contributed by atoms with van der Waals surface area (Å²) in [6.07, 6.45) is 2.49. The summed E-state index contributed by atoms with van der Waals surface area (Å²) in [6, 6.07) is 8.21. The Hall–Kier alpha value is -2.98. The molecule has 2 aromatic heterocycles. The van der Waals surface area contributed by atoms with Crippen LogP contribution in [0.25, 0.3) is 0 Å². The first-order valence-corrected chi connectivity index (χ1v) is 8.03. The van der Waals surface area contributed by atoms with Gasteiger partial charge < -0.3 is 15.4 Å². The molecule has 1 amide bonds. The van der Waals surface area contributed by atoms with Crippen molar-refractivity contribution in [3.63, 3.8) is 0 Å². The van der Waals surface area contributed by atoms with Crippen LogP contribution in [0.2, 0.25) is 0 Å². The predicted octanol–water partition coefficient (Wildman–Crippen LogP) is 1.19. The molecule has 3 N–H and O–H groups in total. The number of nitrogens with zero attached hydrogens (tertiary/aromatic N) is 2. The Labute approximate surface area is 144 Å². The number of aryl methyl sites for hydroxylation is 1. The van der Waals surface area contributed by atoms with Crippen LogP contribution in [0.15, 0.2) is 35.3 Å². The van der Waals surface area contributed by atoms with Crippen LogP contribution in [-0.4, -0.2) is 27.1 Å². The first-order chi connectivity index (χ1) is 12.0.